The van der Waals surface area contributed by atoms with Crippen molar-refractivity contribution in [3.05, 3.63) is 35.9 Å². The van der Waals surface area contributed by atoms with Gasteiger partial charge in [0, 0.05) is 11.5 Å². The standard InChI is InChI=1S/C17H17F2NO2/c1-3-10-9(2)8-12(10)17(21)22-15-7-4-11-14(20-15)6-5-13(18)16(11)19/h4-7,9-10,12H,3,8H2,1-2H3. The lowest BCUT2D eigenvalue weighted by Crippen LogP contribution is -2.41. The molecule has 0 radical (unpaired) electrons. The van der Waals surface area contributed by atoms with Crippen molar-refractivity contribution in [3.8, 4) is 5.88 Å². The van der Waals surface area contributed by atoms with Gasteiger partial charge in [-0.15, -0.1) is 0 Å². The monoisotopic (exact) mass is 305 g/mol. The second kappa shape index (κ2) is 5.63. The lowest BCUT2D eigenvalue weighted by molar-refractivity contribution is -0.148. The van der Waals surface area contributed by atoms with Crippen LogP contribution in [0.5, 0.6) is 5.88 Å². The first-order chi connectivity index (χ1) is 10.5. The molecular weight excluding hydrogens is 288 g/mol. The number of nitrogens with zero attached hydrogens (tertiary/aromatic N) is 1. The van der Waals surface area contributed by atoms with Crippen LogP contribution in [0.2, 0.25) is 0 Å². The molecule has 1 aromatic carbocycles. The highest BCUT2D eigenvalue weighted by atomic mass is 19.2. The third kappa shape index (κ3) is 2.45. The summed E-state index contributed by atoms with van der Waals surface area (Å²) in [5.74, 6) is -1.25. The van der Waals surface area contributed by atoms with Crippen LogP contribution >= 0.6 is 0 Å². The summed E-state index contributed by atoms with van der Waals surface area (Å²) in [4.78, 5) is 16.2. The van der Waals surface area contributed by atoms with Gasteiger partial charge in [0.25, 0.3) is 0 Å². The van der Waals surface area contributed by atoms with Gasteiger partial charge in [0.1, 0.15) is 0 Å². The molecule has 2 aromatic rings. The Hall–Kier alpha value is -2.04. The SMILES string of the molecule is CCC1C(C)CC1C(=O)Oc1ccc2c(F)c(F)ccc2n1. The van der Waals surface area contributed by atoms with Crippen molar-refractivity contribution in [2.75, 3.05) is 0 Å². The number of ether oxygens (including phenoxy) is 1. The van der Waals surface area contributed by atoms with Gasteiger partial charge in [0.05, 0.1) is 11.4 Å². The molecule has 1 aliphatic rings. The van der Waals surface area contributed by atoms with Gasteiger partial charge in [0.15, 0.2) is 11.6 Å². The smallest absolute Gasteiger partial charge is 0.315 e. The minimum Gasteiger partial charge on any atom is -0.407 e. The van der Waals surface area contributed by atoms with Gasteiger partial charge in [-0.05, 0) is 36.5 Å². The molecule has 3 atom stereocenters. The number of rotatable bonds is 3. The molecule has 3 rings (SSSR count). The Labute approximate surface area is 127 Å². The van der Waals surface area contributed by atoms with E-state index in [0.29, 0.717) is 11.8 Å². The highest BCUT2D eigenvalue weighted by Gasteiger charge is 2.42. The van der Waals surface area contributed by atoms with Crippen LogP contribution in [0.15, 0.2) is 24.3 Å². The van der Waals surface area contributed by atoms with E-state index in [9.17, 15) is 13.6 Å². The second-order valence-electron chi connectivity index (χ2n) is 5.89. The molecule has 5 heteroatoms. The van der Waals surface area contributed by atoms with Gasteiger partial charge in [-0.3, -0.25) is 4.79 Å². The van der Waals surface area contributed by atoms with Crippen molar-refractivity contribution in [2.45, 2.75) is 26.7 Å². The van der Waals surface area contributed by atoms with E-state index >= 15 is 0 Å². The number of benzene rings is 1. The van der Waals surface area contributed by atoms with E-state index in [0.717, 1.165) is 18.9 Å². The van der Waals surface area contributed by atoms with E-state index < -0.39 is 11.6 Å². The summed E-state index contributed by atoms with van der Waals surface area (Å²) >= 11 is 0. The molecule has 0 amide bonds. The zero-order valence-corrected chi connectivity index (χ0v) is 12.5. The average molecular weight is 305 g/mol. The van der Waals surface area contributed by atoms with Crippen LogP contribution in [0.25, 0.3) is 10.9 Å². The van der Waals surface area contributed by atoms with Gasteiger partial charge < -0.3 is 4.74 Å². The maximum Gasteiger partial charge on any atom is 0.315 e. The van der Waals surface area contributed by atoms with Crippen molar-refractivity contribution in [1.82, 2.24) is 4.98 Å². The predicted octanol–water partition coefficient (Wildman–Crippen LogP) is 4.10. The van der Waals surface area contributed by atoms with Crippen molar-refractivity contribution < 1.29 is 18.3 Å². The molecule has 1 aromatic heterocycles. The Balaban J connectivity index is 1.80. The van der Waals surface area contributed by atoms with Gasteiger partial charge >= 0.3 is 5.97 Å². The second-order valence-corrected chi connectivity index (χ2v) is 5.89. The molecule has 1 heterocycles. The number of halogens is 2. The fourth-order valence-electron chi connectivity index (χ4n) is 3.27. The summed E-state index contributed by atoms with van der Waals surface area (Å²) in [5, 5.41) is 0.0727. The largest absolute Gasteiger partial charge is 0.407 e. The van der Waals surface area contributed by atoms with Crippen LogP contribution in [0.1, 0.15) is 26.7 Å². The zero-order chi connectivity index (χ0) is 15.9. The first-order valence-corrected chi connectivity index (χ1v) is 7.47. The van der Waals surface area contributed by atoms with Gasteiger partial charge in [-0.2, -0.15) is 0 Å². The molecule has 0 spiro atoms. The van der Waals surface area contributed by atoms with Crippen molar-refractivity contribution in [3.63, 3.8) is 0 Å². The molecule has 0 aliphatic heterocycles. The average Bonchev–Trinajstić information content (AvgIpc) is 2.49. The van der Waals surface area contributed by atoms with E-state index in [1.807, 2.05) is 0 Å². The Morgan fingerprint density at radius 2 is 2.09 bits per heavy atom. The quantitative estimate of drug-likeness (QED) is 0.801. The molecule has 3 unspecified atom stereocenters. The van der Waals surface area contributed by atoms with Crippen LogP contribution in [-0.4, -0.2) is 11.0 Å². The highest BCUT2D eigenvalue weighted by Crippen LogP contribution is 2.42. The predicted molar refractivity (Wildman–Crippen MR) is 78.3 cm³/mol. The summed E-state index contributed by atoms with van der Waals surface area (Å²) in [6, 6.07) is 5.15. The summed E-state index contributed by atoms with van der Waals surface area (Å²) in [6.07, 6.45) is 1.77. The lowest BCUT2D eigenvalue weighted by atomic mass is 9.64. The minimum absolute atomic E-state index is 0.0727. The number of hydrogen-bond donors (Lipinski definition) is 0. The Bertz CT molecular complexity index is 732. The normalized spacial score (nSPS) is 24.1. The number of aromatic nitrogens is 1. The summed E-state index contributed by atoms with van der Waals surface area (Å²) in [5.41, 5.74) is 0.262. The summed E-state index contributed by atoms with van der Waals surface area (Å²) in [7, 11) is 0. The number of hydrogen-bond acceptors (Lipinski definition) is 3. The molecule has 3 nitrogen and oxygen atoms in total. The first-order valence-electron chi connectivity index (χ1n) is 7.47. The number of carbonyl (C=O) groups excluding carboxylic acids is 1. The van der Waals surface area contributed by atoms with E-state index in [1.54, 1.807) is 0 Å². The maximum atomic E-state index is 13.6. The zero-order valence-electron chi connectivity index (χ0n) is 12.5. The van der Waals surface area contributed by atoms with Gasteiger partial charge in [-0.25, -0.2) is 13.8 Å². The number of esters is 1. The van der Waals surface area contributed by atoms with Crippen LogP contribution in [0, 0.1) is 29.4 Å². The molecule has 116 valence electrons. The van der Waals surface area contributed by atoms with E-state index in [-0.39, 0.29) is 28.7 Å². The molecule has 0 N–H and O–H groups in total. The fraction of sp³-hybridized carbons (Fsp3) is 0.412. The maximum absolute atomic E-state index is 13.6. The third-order valence-electron chi connectivity index (χ3n) is 4.59. The van der Waals surface area contributed by atoms with E-state index in [1.165, 1.54) is 18.2 Å². The first kappa shape index (κ1) is 14.9. The molecule has 1 saturated carbocycles. The Morgan fingerprint density at radius 1 is 1.32 bits per heavy atom. The topological polar surface area (TPSA) is 39.2 Å². The highest BCUT2D eigenvalue weighted by molar-refractivity contribution is 5.81. The molecule has 22 heavy (non-hydrogen) atoms. The number of pyridine rings is 1. The molecular formula is C17H17F2NO2. The Kier molecular flexibility index (Phi) is 3.81. The van der Waals surface area contributed by atoms with Crippen LogP contribution in [-0.2, 0) is 4.79 Å². The van der Waals surface area contributed by atoms with Crippen LogP contribution in [0.4, 0.5) is 8.78 Å². The van der Waals surface area contributed by atoms with Crippen molar-refractivity contribution in [2.24, 2.45) is 17.8 Å². The number of fused-ring (bicyclic) bond motifs is 1. The van der Waals surface area contributed by atoms with Gasteiger partial charge in [-0.1, -0.05) is 20.3 Å². The van der Waals surface area contributed by atoms with E-state index in [2.05, 4.69) is 18.8 Å². The molecule has 1 fully saturated rings. The lowest BCUT2D eigenvalue weighted by Gasteiger charge is -2.40. The molecule has 1 aliphatic carbocycles. The molecule has 0 saturated heterocycles. The van der Waals surface area contributed by atoms with Crippen molar-refractivity contribution >= 4 is 16.9 Å². The van der Waals surface area contributed by atoms with Gasteiger partial charge in [0.2, 0.25) is 5.88 Å². The van der Waals surface area contributed by atoms with E-state index in [4.69, 9.17) is 4.74 Å². The summed E-state index contributed by atoms with van der Waals surface area (Å²) in [6.45, 7) is 4.19. The molecule has 0 bridgehead atoms. The Morgan fingerprint density at radius 3 is 2.77 bits per heavy atom. The van der Waals surface area contributed by atoms with Crippen LogP contribution < -0.4 is 4.74 Å². The third-order valence-corrected chi connectivity index (χ3v) is 4.59. The fourth-order valence-corrected chi connectivity index (χ4v) is 3.27. The van der Waals surface area contributed by atoms with Crippen molar-refractivity contribution in [1.29, 1.82) is 0 Å². The summed E-state index contributed by atoms with van der Waals surface area (Å²) < 4.78 is 32.1. The minimum atomic E-state index is -0.943. The van der Waals surface area contributed by atoms with Crippen LogP contribution in [0.3, 0.4) is 0 Å². The number of carbonyl (C=O) groups is 1.